The normalized spacial score (nSPS) is 11.9. The Kier molecular flexibility index (Phi) is 7.24. The Bertz CT molecular complexity index is 990. The first kappa shape index (κ1) is 22.3. The van der Waals surface area contributed by atoms with Gasteiger partial charge in [-0.2, -0.15) is 0 Å². The first-order valence-electron chi connectivity index (χ1n) is 10.7. The molecule has 0 aliphatic carbocycles. The van der Waals surface area contributed by atoms with Crippen LogP contribution in [-0.4, -0.2) is 17.9 Å². The molecule has 0 aromatic heterocycles. The number of hydrogen-bond acceptors (Lipinski definition) is 2. The first-order chi connectivity index (χ1) is 14.9. The van der Waals surface area contributed by atoms with Gasteiger partial charge in [-0.3, -0.25) is 9.59 Å². The van der Waals surface area contributed by atoms with Gasteiger partial charge in [0.05, 0.1) is 5.92 Å². The minimum atomic E-state index is -0.651. The maximum absolute atomic E-state index is 13.4. The van der Waals surface area contributed by atoms with Crippen molar-refractivity contribution < 1.29 is 9.59 Å². The van der Waals surface area contributed by atoms with E-state index in [1.54, 1.807) is 0 Å². The van der Waals surface area contributed by atoms with Gasteiger partial charge in [0.2, 0.25) is 11.8 Å². The van der Waals surface area contributed by atoms with Gasteiger partial charge in [-0.25, -0.2) is 0 Å². The van der Waals surface area contributed by atoms with Crippen LogP contribution in [-0.2, 0) is 9.59 Å². The van der Waals surface area contributed by atoms with Gasteiger partial charge in [-0.1, -0.05) is 86.6 Å². The third kappa shape index (κ3) is 5.40. The molecule has 0 bridgehead atoms. The van der Waals surface area contributed by atoms with Crippen LogP contribution in [0.5, 0.6) is 0 Å². The third-order valence-electron chi connectivity index (χ3n) is 5.64. The van der Waals surface area contributed by atoms with E-state index in [4.69, 9.17) is 0 Å². The van der Waals surface area contributed by atoms with Gasteiger partial charge in [0.25, 0.3) is 0 Å². The van der Waals surface area contributed by atoms with Crippen LogP contribution in [0.4, 0.5) is 5.69 Å². The second kappa shape index (κ2) is 10.1. The van der Waals surface area contributed by atoms with Gasteiger partial charge < -0.3 is 10.6 Å². The Labute approximate surface area is 184 Å². The number of carbonyl (C=O) groups is 2. The van der Waals surface area contributed by atoms with Crippen molar-refractivity contribution in [1.29, 1.82) is 0 Å². The van der Waals surface area contributed by atoms with E-state index in [1.165, 1.54) is 0 Å². The maximum Gasteiger partial charge on any atom is 0.247 e. The summed E-state index contributed by atoms with van der Waals surface area (Å²) in [6, 6.07) is 24.5. The number of hydrogen-bond donors (Lipinski definition) is 2. The lowest BCUT2D eigenvalue weighted by Gasteiger charge is -2.25. The molecule has 0 heterocycles. The number of rotatable bonds is 7. The number of benzene rings is 3. The maximum atomic E-state index is 13.4. The molecule has 3 rings (SSSR count). The molecule has 160 valence electrons. The van der Waals surface area contributed by atoms with E-state index in [-0.39, 0.29) is 17.7 Å². The van der Waals surface area contributed by atoms with E-state index in [2.05, 4.69) is 10.6 Å². The Morgan fingerprint density at radius 1 is 0.710 bits per heavy atom. The highest BCUT2D eigenvalue weighted by molar-refractivity contribution is 5.99. The summed E-state index contributed by atoms with van der Waals surface area (Å²) in [7, 11) is 0. The van der Waals surface area contributed by atoms with Gasteiger partial charge in [0.1, 0.15) is 6.04 Å². The summed E-state index contributed by atoms with van der Waals surface area (Å²) in [6.07, 6.45) is 0. The SMILES string of the molecule is Cc1cccc(NC(=O)[C@H](NC(=O)C(c2ccccc2)c2ccccc2)C(C)C)c1C. The monoisotopic (exact) mass is 414 g/mol. The zero-order chi connectivity index (χ0) is 22.4. The standard InChI is InChI=1S/C27H30N2O2/c1-18(2)25(27(31)28-23-17-11-12-19(3)20(23)4)29-26(30)24(21-13-7-5-8-14-21)22-15-9-6-10-16-22/h5-18,24-25H,1-4H3,(H,28,31)(H,29,30)/t25-/m1/s1. The van der Waals surface area contributed by atoms with Crippen molar-refractivity contribution in [3.8, 4) is 0 Å². The molecular formula is C27H30N2O2. The summed E-state index contributed by atoms with van der Waals surface area (Å²) in [5.41, 5.74) is 4.69. The lowest BCUT2D eigenvalue weighted by atomic mass is 9.89. The largest absolute Gasteiger partial charge is 0.343 e. The predicted octanol–water partition coefficient (Wildman–Crippen LogP) is 5.21. The molecule has 0 unspecified atom stereocenters. The molecule has 0 saturated carbocycles. The Balaban J connectivity index is 1.85. The summed E-state index contributed by atoms with van der Waals surface area (Å²) in [4.78, 5) is 26.6. The number of carbonyl (C=O) groups excluding carboxylic acids is 2. The number of anilines is 1. The van der Waals surface area contributed by atoms with Crippen LogP contribution in [0.2, 0.25) is 0 Å². The molecule has 31 heavy (non-hydrogen) atoms. The highest BCUT2D eigenvalue weighted by Gasteiger charge is 2.29. The predicted molar refractivity (Wildman–Crippen MR) is 126 cm³/mol. The van der Waals surface area contributed by atoms with Crippen molar-refractivity contribution in [3.05, 3.63) is 101 Å². The highest BCUT2D eigenvalue weighted by atomic mass is 16.2. The van der Waals surface area contributed by atoms with Gasteiger partial charge in [-0.15, -0.1) is 0 Å². The van der Waals surface area contributed by atoms with E-state index < -0.39 is 12.0 Å². The summed E-state index contributed by atoms with van der Waals surface area (Å²) in [5.74, 6) is -0.956. The average Bonchev–Trinajstić information content (AvgIpc) is 2.76. The molecule has 0 aliphatic heterocycles. The van der Waals surface area contributed by atoms with Gasteiger partial charge in [0, 0.05) is 5.69 Å². The van der Waals surface area contributed by atoms with Crippen LogP contribution < -0.4 is 10.6 Å². The van der Waals surface area contributed by atoms with E-state index in [1.807, 2.05) is 107 Å². The van der Waals surface area contributed by atoms with E-state index in [9.17, 15) is 9.59 Å². The lowest BCUT2D eigenvalue weighted by molar-refractivity contribution is -0.127. The van der Waals surface area contributed by atoms with Crippen molar-refractivity contribution in [2.45, 2.75) is 39.7 Å². The molecule has 3 aromatic carbocycles. The summed E-state index contributed by atoms with van der Waals surface area (Å²) in [5, 5.41) is 6.02. The van der Waals surface area contributed by atoms with Crippen molar-refractivity contribution in [1.82, 2.24) is 5.32 Å². The second-order valence-electron chi connectivity index (χ2n) is 8.22. The fourth-order valence-corrected chi connectivity index (χ4v) is 3.65. The van der Waals surface area contributed by atoms with Gasteiger partial charge in [0.15, 0.2) is 0 Å². The van der Waals surface area contributed by atoms with Crippen molar-refractivity contribution in [2.75, 3.05) is 5.32 Å². The summed E-state index contributed by atoms with van der Waals surface area (Å²) >= 11 is 0. The Hall–Kier alpha value is -3.40. The summed E-state index contributed by atoms with van der Waals surface area (Å²) in [6.45, 7) is 7.87. The molecule has 0 aliphatic rings. The van der Waals surface area contributed by atoms with E-state index in [0.717, 1.165) is 27.9 Å². The van der Waals surface area contributed by atoms with Crippen LogP contribution in [0.25, 0.3) is 0 Å². The van der Waals surface area contributed by atoms with Crippen LogP contribution in [0.15, 0.2) is 78.9 Å². The van der Waals surface area contributed by atoms with Crippen molar-refractivity contribution in [3.63, 3.8) is 0 Å². The molecule has 0 fully saturated rings. The fraction of sp³-hybridized carbons (Fsp3) is 0.259. The molecule has 3 aromatic rings. The topological polar surface area (TPSA) is 58.2 Å². The average molecular weight is 415 g/mol. The molecule has 0 spiro atoms. The number of aryl methyl sites for hydroxylation is 1. The molecular weight excluding hydrogens is 384 g/mol. The zero-order valence-corrected chi connectivity index (χ0v) is 18.6. The van der Waals surface area contributed by atoms with Crippen LogP contribution >= 0.6 is 0 Å². The number of nitrogens with one attached hydrogen (secondary N) is 2. The highest BCUT2D eigenvalue weighted by Crippen LogP contribution is 2.25. The number of amides is 2. The fourth-order valence-electron chi connectivity index (χ4n) is 3.65. The molecule has 4 heteroatoms. The zero-order valence-electron chi connectivity index (χ0n) is 18.6. The quantitative estimate of drug-likeness (QED) is 0.557. The van der Waals surface area contributed by atoms with E-state index >= 15 is 0 Å². The molecule has 2 amide bonds. The minimum absolute atomic E-state index is 0.0683. The minimum Gasteiger partial charge on any atom is -0.343 e. The van der Waals surface area contributed by atoms with Crippen molar-refractivity contribution in [2.24, 2.45) is 5.92 Å². The van der Waals surface area contributed by atoms with Crippen molar-refractivity contribution >= 4 is 17.5 Å². The Morgan fingerprint density at radius 2 is 1.26 bits per heavy atom. The molecule has 2 N–H and O–H groups in total. The van der Waals surface area contributed by atoms with Gasteiger partial charge >= 0.3 is 0 Å². The first-order valence-corrected chi connectivity index (χ1v) is 10.7. The smallest absolute Gasteiger partial charge is 0.247 e. The van der Waals surface area contributed by atoms with Crippen LogP contribution in [0, 0.1) is 19.8 Å². The van der Waals surface area contributed by atoms with Crippen LogP contribution in [0.1, 0.15) is 42.0 Å². The van der Waals surface area contributed by atoms with E-state index in [0.29, 0.717) is 0 Å². The molecule has 1 atom stereocenters. The summed E-state index contributed by atoms with van der Waals surface area (Å²) < 4.78 is 0. The molecule has 0 radical (unpaired) electrons. The molecule has 0 saturated heterocycles. The molecule has 4 nitrogen and oxygen atoms in total. The second-order valence-corrected chi connectivity index (χ2v) is 8.22. The lowest BCUT2D eigenvalue weighted by Crippen LogP contribution is -2.48. The Morgan fingerprint density at radius 3 is 1.77 bits per heavy atom. The van der Waals surface area contributed by atoms with Crippen LogP contribution in [0.3, 0.4) is 0 Å². The van der Waals surface area contributed by atoms with Gasteiger partial charge in [-0.05, 0) is 48.1 Å². The third-order valence-corrected chi connectivity index (χ3v) is 5.64.